The van der Waals surface area contributed by atoms with Crippen molar-refractivity contribution in [2.24, 2.45) is 18.7 Å². The van der Waals surface area contributed by atoms with Crippen molar-refractivity contribution in [1.29, 1.82) is 5.41 Å². The molecule has 16 heavy (non-hydrogen) atoms. The Morgan fingerprint density at radius 2 is 2.31 bits per heavy atom. The summed E-state index contributed by atoms with van der Waals surface area (Å²) in [4.78, 5) is 3.88. The van der Waals surface area contributed by atoms with Crippen molar-refractivity contribution in [3.8, 4) is 0 Å². The Morgan fingerprint density at radius 1 is 1.69 bits per heavy atom. The van der Waals surface area contributed by atoms with Crippen LogP contribution in [0.15, 0.2) is 17.6 Å². The number of aromatic nitrogens is 2. The summed E-state index contributed by atoms with van der Waals surface area (Å²) in [6.45, 7) is 0. The zero-order valence-corrected chi connectivity index (χ0v) is 9.27. The summed E-state index contributed by atoms with van der Waals surface area (Å²) in [5, 5.41) is 7.37. The van der Waals surface area contributed by atoms with Gasteiger partial charge in [0.2, 0.25) is 0 Å². The lowest BCUT2D eigenvalue weighted by Crippen LogP contribution is -2.37. The first kappa shape index (κ1) is 12.9. The van der Waals surface area contributed by atoms with E-state index in [1.54, 1.807) is 17.8 Å². The van der Waals surface area contributed by atoms with Gasteiger partial charge in [-0.2, -0.15) is 13.2 Å². The molecule has 0 aromatic carbocycles. The fraction of sp³-hybridized carbons (Fsp3) is 0.500. The van der Waals surface area contributed by atoms with Gasteiger partial charge in [-0.1, -0.05) is 11.8 Å². The smallest absolute Gasteiger partial charge is 0.387 e. The second-order valence-electron chi connectivity index (χ2n) is 3.18. The fourth-order valence-electron chi connectivity index (χ4n) is 1.01. The zero-order valence-electron chi connectivity index (χ0n) is 8.45. The van der Waals surface area contributed by atoms with Crippen LogP contribution in [0.4, 0.5) is 13.2 Å². The Kier molecular flexibility index (Phi) is 3.84. The van der Waals surface area contributed by atoms with E-state index in [0.717, 1.165) is 11.8 Å². The first-order valence-corrected chi connectivity index (χ1v) is 5.31. The summed E-state index contributed by atoms with van der Waals surface area (Å²) >= 11 is 0.928. The zero-order chi connectivity index (χ0) is 12.3. The Morgan fingerprint density at radius 3 is 2.69 bits per heavy atom. The van der Waals surface area contributed by atoms with Crippen LogP contribution in [0.2, 0.25) is 0 Å². The molecule has 4 nitrogen and oxygen atoms in total. The molecule has 0 radical (unpaired) electrons. The van der Waals surface area contributed by atoms with Crippen molar-refractivity contribution < 1.29 is 13.2 Å². The molecule has 0 saturated carbocycles. The van der Waals surface area contributed by atoms with Gasteiger partial charge in [0.25, 0.3) is 0 Å². The van der Waals surface area contributed by atoms with Gasteiger partial charge >= 0.3 is 6.18 Å². The number of thioether (sulfide) groups is 1. The molecule has 0 bridgehead atoms. The summed E-state index contributed by atoms with van der Waals surface area (Å²) in [5.74, 6) is -3.12. The molecular weight excluding hydrogens is 241 g/mol. The topological polar surface area (TPSA) is 67.7 Å². The molecule has 1 rings (SSSR count). The number of nitrogens with two attached hydrogens (primary N) is 1. The van der Waals surface area contributed by atoms with Gasteiger partial charge in [-0.15, -0.1) is 0 Å². The van der Waals surface area contributed by atoms with Crippen molar-refractivity contribution in [3.05, 3.63) is 12.4 Å². The van der Waals surface area contributed by atoms with Crippen molar-refractivity contribution in [2.75, 3.05) is 5.75 Å². The van der Waals surface area contributed by atoms with Crippen molar-refractivity contribution in [1.82, 2.24) is 9.55 Å². The minimum absolute atomic E-state index is 0.330. The summed E-state index contributed by atoms with van der Waals surface area (Å²) in [5.41, 5.74) is 4.92. The number of hydrogen-bond acceptors (Lipinski definition) is 3. The van der Waals surface area contributed by atoms with Crippen molar-refractivity contribution >= 4 is 17.6 Å². The molecule has 90 valence electrons. The first-order valence-electron chi connectivity index (χ1n) is 4.33. The standard InChI is InChI=1S/C8H11F3N4S/c1-15-3-2-14-7(15)16-4-5(6(12)13)8(9,10)11/h2-3,5H,4H2,1H3,(H3,12,13). The van der Waals surface area contributed by atoms with Gasteiger partial charge < -0.3 is 10.3 Å². The Balaban J connectivity index is 2.65. The van der Waals surface area contributed by atoms with Crippen LogP contribution in [0.3, 0.4) is 0 Å². The monoisotopic (exact) mass is 252 g/mol. The third-order valence-electron chi connectivity index (χ3n) is 1.93. The first-order chi connectivity index (χ1) is 7.32. The van der Waals surface area contributed by atoms with Crippen LogP contribution in [0, 0.1) is 11.3 Å². The van der Waals surface area contributed by atoms with Crippen LogP contribution < -0.4 is 5.73 Å². The Bertz CT molecular complexity index is 374. The van der Waals surface area contributed by atoms with Crippen LogP contribution >= 0.6 is 11.8 Å². The molecule has 0 amide bonds. The molecule has 1 aromatic heterocycles. The summed E-state index contributed by atoms with van der Waals surface area (Å²) < 4.78 is 38.9. The summed E-state index contributed by atoms with van der Waals surface area (Å²) in [7, 11) is 1.69. The van der Waals surface area contributed by atoms with E-state index in [9.17, 15) is 13.2 Å². The van der Waals surface area contributed by atoms with Gasteiger partial charge in [0, 0.05) is 25.2 Å². The highest BCUT2D eigenvalue weighted by molar-refractivity contribution is 7.99. The molecule has 0 spiro atoms. The van der Waals surface area contributed by atoms with E-state index in [0.29, 0.717) is 5.16 Å². The van der Waals surface area contributed by atoms with E-state index in [4.69, 9.17) is 11.1 Å². The van der Waals surface area contributed by atoms with E-state index >= 15 is 0 Å². The highest BCUT2D eigenvalue weighted by Crippen LogP contribution is 2.30. The second-order valence-corrected chi connectivity index (χ2v) is 4.17. The van der Waals surface area contributed by atoms with Crippen LogP contribution in [0.1, 0.15) is 0 Å². The molecule has 0 aliphatic carbocycles. The quantitative estimate of drug-likeness (QED) is 0.486. The molecular formula is C8H11F3N4S. The molecule has 8 heteroatoms. The van der Waals surface area contributed by atoms with Crippen LogP contribution in [0.25, 0.3) is 0 Å². The van der Waals surface area contributed by atoms with Crippen LogP contribution in [-0.4, -0.2) is 27.3 Å². The van der Waals surface area contributed by atoms with Gasteiger partial charge in [0.05, 0.1) is 0 Å². The number of nitrogens with one attached hydrogen (secondary N) is 1. The summed E-state index contributed by atoms with van der Waals surface area (Å²) in [6.07, 6.45) is -1.35. The normalized spacial score (nSPS) is 13.8. The fourth-order valence-corrected chi connectivity index (χ4v) is 2.09. The molecule has 1 aromatic rings. The second kappa shape index (κ2) is 4.77. The van der Waals surface area contributed by atoms with Crippen molar-refractivity contribution in [3.63, 3.8) is 0 Å². The van der Waals surface area contributed by atoms with E-state index < -0.39 is 17.9 Å². The molecule has 1 heterocycles. The molecule has 3 N–H and O–H groups in total. The largest absolute Gasteiger partial charge is 0.399 e. The average Bonchev–Trinajstić information content (AvgIpc) is 2.49. The van der Waals surface area contributed by atoms with Gasteiger partial charge in [0.1, 0.15) is 11.8 Å². The lowest BCUT2D eigenvalue weighted by Gasteiger charge is -2.17. The maximum Gasteiger partial charge on any atom is 0.399 e. The van der Waals surface area contributed by atoms with E-state index in [1.165, 1.54) is 6.20 Å². The van der Waals surface area contributed by atoms with Crippen molar-refractivity contribution in [2.45, 2.75) is 11.3 Å². The van der Waals surface area contributed by atoms with Gasteiger partial charge in [-0.25, -0.2) is 4.98 Å². The lowest BCUT2D eigenvalue weighted by atomic mass is 10.1. The predicted octanol–water partition coefficient (Wildman–Crippen LogP) is 1.63. The SMILES string of the molecule is Cn1ccnc1SCC(C(=N)N)C(F)(F)F. The molecule has 1 unspecified atom stereocenters. The number of amidine groups is 1. The molecule has 1 atom stereocenters. The van der Waals surface area contributed by atoms with Crippen LogP contribution in [-0.2, 0) is 7.05 Å². The van der Waals surface area contributed by atoms with E-state index in [2.05, 4.69) is 4.98 Å². The number of alkyl halides is 3. The van der Waals surface area contributed by atoms with E-state index in [-0.39, 0.29) is 5.75 Å². The molecule has 0 saturated heterocycles. The average molecular weight is 252 g/mol. The number of imidazole rings is 1. The maximum absolute atomic E-state index is 12.4. The Hall–Kier alpha value is -1.18. The highest BCUT2D eigenvalue weighted by atomic mass is 32.2. The van der Waals surface area contributed by atoms with Gasteiger partial charge in [0.15, 0.2) is 5.16 Å². The van der Waals surface area contributed by atoms with Crippen LogP contribution in [0.5, 0.6) is 0 Å². The number of hydrogen-bond donors (Lipinski definition) is 2. The van der Waals surface area contributed by atoms with E-state index in [1.807, 2.05) is 0 Å². The number of nitrogens with zero attached hydrogens (tertiary/aromatic N) is 2. The maximum atomic E-state index is 12.4. The lowest BCUT2D eigenvalue weighted by molar-refractivity contribution is -0.150. The highest BCUT2D eigenvalue weighted by Gasteiger charge is 2.41. The predicted molar refractivity (Wildman–Crippen MR) is 55.4 cm³/mol. The van der Waals surface area contributed by atoms with Gasteiger partial charge in [-0.05, 0) is 0 Å². The number of halogens is 3. The third kappa shape index (κ3) is 3.16. The summed E-state index contributed by atoms with van der Waals surface area (Å²) in [6, 6.07) is 0. The molecule has 0 fully saturated rings. The Labute approximate surface area is 94.5 Å². The minimum Gasteiger partial charge on any atom is -0.387 e. The molecule has 0 aliphatic rings. The number of rotatable bonds is 4. The number of aryl methyl sites for hydroxylation is 1. The van der Waals surface area contributed by atoms with Gasteiger partial charge in [-0.3, -0.25) is 5.41 Å². The third-order valence-corrected chi connectivity index (χ3v) is 3.08. The minimum atomic E-state index is -4.48. The molecule has 0 aliphatic heterocycles.